The molecule has 5 heteroatoms. The van der Waals surface area contributed by atoms with Crippen LogP contribution in [0.15, 0.2) is 200 Å². The van der Waals surface area contributed by atoms with E-state index in [4.69, 9.17) is 20.1 Å². The minimum absolute atomic E-state index is 0.606. The Bertz CT molecular complexity index is 2930. The van der Waals surface area contributed by atoms with Crippen LogP contribution in [0, 0.1) is 0 Å². The van der Waals surface area contributed by atoms with Crippen molar-refractivity contribution in [3.8, 4) is 73.4 Å². The summed E-state index contributed by atoms with van der Waals surface area (Å²) < 4.78 is 2.10. The van der Waals surface area contributed by atoms with E-state index in [2.05, 4.69) is 156 Å². The summed E-state index contributed by atoms with van der Waals surface area (Å²) in [7, 11) is 0. The lowest BCUT2D eigenvalue weighted by Crippen LogP contribution is -2.01. The molecule has 10 rings (SSSR count). The Kier molecular flexibility index (Phi) is 8.08. The number of fused-ring (bicyclic) bond motifs is 3. The van der Waals surface area contributed by atoms with Crippen molar-refractivity contribution in [3.63, 3.8) is 0 Å². The summed E-state index contributed by atoms with van der Waals surface area (Å²) >= 11 is 0. The van der Waals surface area contributed by atoms with E-state index in [0.29, 0.717) is 17.5 Å². The van der Waals surface area contributed by atoms with E-state index in [1.807, 2.05) is 48.5 Å². The standard InChI is InChI=1S/C50H33N5/c1-6-17-34(18-7-1)35-29-31-39(32-30-35)49-51-48(38-23-12-4-13-24-38)52-50(53-49)42-28-16-27-41-44(42)33-43(36-19-8-2-9-20-36)45-46(37-21-10-3-11-22-37)54-55(47(41)45)40-25-14-5-15-26-40/h1-33H. The maximum absolute atomic E-state index is 5.38. The Morgan fingerprint density at radius 3 is 1.42 bits per heavy atom. The van der Waals surface area contributed by atoms with Crippen molar-refractivity contribution in [2.45, 2.75) is 0 Å². The van der Waals surface area contributed by atoms with Crippen molar-refractivity contribution in [3.05, 3.63) is 200 Å². The average Bonchev–Trinajstić information content (AvgIpc) is 3.69. The van der Waals surface area contributed by atoms with Gasteiger partial charge in [0.2, 0.25) is 0 Å². The maximum Gasteiger partial charge on any atom is 0.164 e. The molecule has 0 radical (unpaired) electrons. The highest BCUT2D eigenvalue weighted by atomic mass is 15.3. The maximum atomic E-state index is 5.38. The summed E-state index contributed by atoms with van der Waals surface area (Å²) in [5, 5.41) is 8.55. The fraction of sp³-hybridized carbons (Fsp3) is 0. The van der Waals surface area contributed by atoms with Crippen LogP contribution in [0.25, 0.3) is 95.0 Å². The van der Waals surface area contributed by atoms with Gasteiger partial charge in [0.25, 0.3) is 0 Å². The van der Waals surface area contributed by atoms with Gasteiger partial charge in [0.05, 0.1) is 11.2 Å². The number of rotatable bonds is 7. The summed E-state index contributed by atoms with van der Waals surface area (Å²) in [6.07, 6.45) is 0. The lowest BCUT2D eigenvalue weighted by molar-refractivity contribution is 0.918. The first kappa shape index (κ1) is 32.2. The number of para-hydroxylation sites is 1. The second kappa shape index (κ2) is 13.8. The minimum Gasteiger partial charge on any atom is -0.232 e. The first-order valence-corrected chi connectivity index (χ1v) is 18.4. The van der Waals surface area contributed by atoms with Crippen molar-refractivity contribution in [2.75, 3.05) is 0 Å². The summed E-state index contributed by atoms with van der Waals surface area (Å²) in [6, 6.07) is 69.1. The summed E-state index contributed by atoms with van der Waals surface area (Å²) in [5.41, 5.74) is 11.3. The smallest absolute Gasteiger partial charge is 0.164 e. The van der Waals surface area contributed by atoms with Crippen LogP contribution in [0.4, 0.5) is 0 Å². The van der Waals surface area contributed by atoms with Gasteiger partial charge in [0.1, 0.15) is 5.69 Å². The Morgan fingerprint density at radius 1 is 0.327 bits per heavy atom. The van der Waals surface area contributed by atoms with Gasteiger partial charge in [-0.2, -0.15) is 5.10 Å². The van der Waals surface area contributed by atoms with Gasteiger partial charge in [-0.05, 0) is 45.8 Å². The number of aromatic nitrogens is 5. The predicted molar refractivity (Wildman–Crippen MR) is 225 cm³/mol. The normalized spacial score (nSPS) is 11.3. The fourth-order valence-corrected chi connectivity index (χ4v) is 7.44. The average molecular weight is 704 g/mol. The molecule has 0 aliphatic rings. The number of nitrogens with zero attached hydrogens (tertiary/aromatic N) is 5. The molecule has 8 aromatic carbocycles. The van der Waals surface area contributed by atoms with Crippen molar-refractivity contribution in [2.24, 2.45) is 0 Å². The van der Waals surface area contributed by atoms with Crippen molar-refractivity contribution < 1.29 is 0 Å². The van der Waals surface area contributed by atoms with Crippen molar-refractivity contribution in [1.82, 2.24) is 24.7 Å². The van der Waals surface area contributed by atoms with Gasteiger partial charge >= 0.3 is 0 Å². The Hall–Kier alpha value is -7.50. The van der Waals surface area contributed by atoms with Gasteiger partial charge in [0, 0.05) is 33.0 Å². The monoisotopic (exact) mass is 703 g/mol. The van der Waals surface area contributed by atoms with Gasteiger partial charge in [-0.3, -0.25) is 0 Å². The van der Waals surface area contributed by atoms with Crippen molar-refractivity contribution >= 4 is 21.7 Å². The fourth-order valence-electron chi connectivity index (χ4n) is 7.44. The van der Waals surface area contributed by atoms with Gasteiger partial charge in [-0.25, -0.2) is 19.6 Å². The first-order valence-electron chi connectivity index (χ1n) is 18.4. The van der Waals surface area contributed by atoms with Crippen LogP contribution in [0.1, 0.15) is 0 Å². The first-order chi connectivity index (χ1) is 27.3. The molecule has 258 valence electrons. The summed E-state index contributed by atoms with van der Waals surface area (Å²) in [6.45, 7) is 0. The number of hydrogen-bond acceptors (Lipinski definition) is 4. The van der Waals surface area contributed by atoms with Crippen LogP contribution >= 0.6 is 0 Å². The van der Waals surface area contributed by atoms with Crippen LogP contribution < -0.4 is 0 Å². The highest BCUT2D eigenvalue weighted by Gasteiger charge is 2.23. The third-order valence-electron chi connectivity index (χ3n) is 10.1. The van der Waals surface area contributed by atoms with E-state index in [-0.39, 0.29) is 0 Å². The van der Waals surface area contributed by atoms with E-state index < -0.39 is 0 Å². The molecule has 2 aromatic heterocycles. The molecule has 0 bridgehead atoms. The number of benzene rings is 8. The molecule has 0 amide bonds. The molecule has 0 N–H and O–H groups in total. The second-order valence-corrected chi connectivity index (χ2v) is 13.5. The van der Waals surface area contributed by atoms with Crippen molar-refractivity contribution in [1.29, 1.82) is 0 Å². The summed E-state index contributed by atoms with van der Waals surface area (Å²) in [5.74, 6) is 1.84. The van der Waals surface area contributed by atoms with Crippen LogP contribution in [0.3, 0.4) is 0 Å². The van der Waals surface area contributed by atoms with Crippen LogP contribution in [-0.4, -0.2) is 24.7 Å². The van der Waals surface area contributed by atoms with Crippen LogP contribution in [-0.2, 0) is 0 Å². The molecule has 0 atom stereocenters. The van der Waals surface area contributed by atoms with Crippen LogP contribution in [0.2, 0.25) is 0 Å². The highest BCUT2D eigenvalue weighted by molar-refractivity contribution is 6.19. The Balaban J connectivity index is 1.26. The minimum atomic E-state index is 0.606. The third-order valence-corrected chi connectivity index (χ3v) is 10.1. The highest BCUT2D eigenvalue weighted by Crippen LogP contribution is 2.44. The Morgan fingerprint density at radius 2 is 0.800 bits per heavy atom. The molecule has 0 aliphatic carbocycles. The predicted octanol–water partition coefficient (Wildman–Crippen LogP) is 12.4. The second-order valence-electron chi connectivity index (χ2n) is 13.5. The number of hydrogen-bond donors (Lipinski definition) is 0. The van der Waals surface area contributed by atoms with E-state index in [1.165, 1.54) is 0 Å². The Labute approximate surface area is 318 Å². The molecule has 0 aliphatic heterocycles. The quantitative estimate of drug-likeness (QED) is 0.166. The van der Waals surface area contributed by atoms with E-state index in [9.17, 15) is 0 Å². The topological polar surface area (TPSA) is 56.5 Å². The van der Waals surface area contributed by atoms with Gasteiger partial charge in [-0.1, -0.05) is 182 Å². The summed E-state index contributed by atoms with van der Waals surface area (Å²) in [4.78, 5) is 15.5. The molecule has 0 saturated heterocycles. The lowest BCUT2D eigenvalue weighted by atomic mass is 9.92. The van der Waals surface area contributed by atoms with E-state index in [0.717, 1.165) is 77.6 Å². The molecule has 0 spiro atoms. The molecular formula is C50H33N5. The van der Waals surface area contributed by atoms with Gasteiger partial charge in [-0.15, -0.1) is 0 Å². The zero-order chi connectivity index (χ0) is 36.6. The molecule has 2 heterocycles. The zero-order valence-electron chi connectivity index (χ0n) is 29.8. The largest absolute Gasteiger partial charge is 0.232 e. The van der Waals surface area contributed by atoms with Crippen LogP contribution in [0.5, 0.6) is 0 Å². The molecule has 55 heavy (non-hydrogen) atoms. The van der Waals surface area contributed by atoms with Gasteiger partial charge < -0.3 is 0 Å². The molecular weight excluding hydrogens is 671 g/mol. The SMILES string of the molecule is c1ccc(-c2ccc(-c3nc(-c4ccccc4)nc(-c4cccc5c4cc(-c4ccccc4)c4c(-c6ccccc6)nn(-c6ccccc6)c45)n3)cc2)cc1. The molecule has 0 saturated carbocycles. The third kappa shape index (κ3) is 5.94. The lowest BCUT2D eigenvalue weighted by Gasteiger charge is -2.14. The molecule has 5 nitrogen and oxygen atoms in total. The van der Waals surface area contributed by atoms with E-state index >= 15 is 0 Å². The molecule has 0 fully saturated rings. The molecule has 10 aromatic rings. The zero-order valence-corrected chi connectivity index (χ0v) is 29.8. The molecule has 0 unspecified atom stereocenters. The van der Waals surface area contributed by atoms with E-state index in [1.54, 1.807) is 0 Å². The van der Waals surface area contributed by atoms with Gasteiger partial charge in [0.15, 0.2) is 17.5 Å².